The number of aliphatic hydroxyl groups excluding tert-OH is 1. The van der Waals surface area contributed by atoms with E-state index in [0.29, 0.717) is 16.9 Å². The Bertz CT molecular complexity index is 2220. The van der Waals surface area contributed by atoms with Crippen molar-refractivity contribution in [3.63, 3.8) is 0 Å². The molecular formula is C35H48ClN13Na3O17S+. The molecule has 0 heterocycles. The number of halogens is 1. The maximum absolute atomic E-state index is 11.8. The minimum atomic E-state index is -3.11. The van der Waals surface area contributed by atoms with Crippen molar-refractivity contribution in [2.45, 2.75) is 27.4 Å². The molecule has 0 aliphatic heterocycles. The van der Waals surface area contributed by atoms with Gasteiger partial charge in [-0.3, -0.25) is 24.0 Å². The van der Waals surface area contributed by atoms with E-state index in [2.05, 4.69) is 67.6 Å². The van der Waals surface area contributed by atoms with Gasteiger partial charge in [0.2, 0.25) is 17.1 Å². The van der Waals surface area contributed by atoms with Crippen LogP contribution in [0.3, 0.4) is 0 Å². The first-order valence-corrected chi connectivity index (χ1v) is 18.3. The number of hydrogen-bond donors (Lipinski definition) is 6. The van der Waals surface area contributed by atoms with E-state index >= 15 is 0 Å². The number of carbonyl (C=O) groups is 7. The van der Waals surface area contributed by atoms with Gasteiger partial charge >= 0.3 is 111 Å². The normalized spacial score (nSPS) is 7.93. The number of nitrogens with two attached hydrogens (primary N) is 2. The first-order valence-electron chi connectivity index (χ1n) is 16.9. The Kier molecular flexibility index (Phi) is 66.4. The Morgan fingerprint density at radius 3 is 1.31 bits per heavy atom. The van der Waals surface area contributed by atoms with Gasteiger partial charge in [0, 0.05) is 50.3 Å². The quantitative estimate of drug-likeness (QED) is 0.0209. The van der Waals surface area contributed by atoms with Crippen molar-refractivity contribution in [3.05, 3.63) is 110 Å². The average molecular weight is 1060 g/mol. The van der Waals surface area contributed by atoms with E-state index in [1.807, 2.05) is 0 Å². The number of amides is 3. The number of carboxylic acid groups (broad SMARTS) is 2. The molecule has 0 aliphatic rings. The molecule has 370 valence electrons. The van der Waals surface area contributed by atoms with E-state index in [-0.39, 0.29) is 147 Å². The molecule has 0 atom stereocenters. The van der Waals surface area contributed by atoms with Crippen LogP contribution >= 0.6 is 11.6 Å². The number of nitrogens with zero attached hydrogens (tertiary/aromatic N) is 7. The minimum absolute atomic E-state index is 0. The molecule has 0 radical (unpaired) electrons. The van der Waals surface area contributed by atoms with Crippen LogP contribution < -0.4 is 121 Å². The summed E-state index contributed by atoms with van der Waals surface area (Å²) in [6.07, 6.45) is -2.33. The SMILES string of the molecule is CC(=O)Cl.CNOC.COC(=O)c1ccc(CO)cc1.COC(=O)c1ccc(NC(C)=O)c(N=[N+]=[N-])c1.CON(C)C(=O)c1ccc(NC(C)=O)c(N=[N+]=[N-])c1.N=[NH2+].O=C([O-])[O-].O=S(=O)=O.[NH2-].[Na+].[Na+].[Na+]. The number of azide groups is 2. The summed E-state index contributed by atoms with van der Waals surface area (Å²) in [5, 5.41) is 37.9. The fourth-order valence-electron chi connectivity index (χ4n) is 3.42. The zero-order valence-electron chi connectivity index (χ0n) is 40.0. The summed E-state index contributed by atoms with van der Waals surface area (Å²) < 4.78 is 34.4. The van der Waals surface area contributed by atoms with Crippen LogP contribution in [0, 0.1) is 5.53 Å². The van der Waals surface area contributed by atoms with Gasteiger partial charge in [0.1, 0.15) is 0 Å². The second-order valence-corrected chi connectivity index (χ2v) is 11.3. The van der Waals surface area contributed by atoms with Crippen molar-refractivity contribution < 1.29 is 175 Å². The molecule has 0 fully saturated rings. The molecule has 3 rings (SSSR count). The molecule has 0 spiro atoms. The monoisotopic (exact) mass is 1060 g/mol. The Morgan fingerprint density at radius 2 is 1.04 bits per heavy atom. The average Bonchev–Trinajstić information content (AvgIpc) is 3.27. The van der Waals surface area contributed by atoms with E-state index in [1.165, 1.54) is 85.5 Å². The van der Waals surface area contributed by atoms with Gasteiger partial charge in [-0.1, -0.05) is 27.9 Å². The van der Waals surface area contributed by atoms with Crippen LogP contribution in [0.2, 0.25) is 0 Å². The summed E-state index contributed by atoms with van der Waals surface area (Å²) in [6.45, 7) is 3.94. The van der Waals surface area contributed by atoms with Crippen LogP contribution in [0.1, 0.15) is 57.4 Å². The van der Waals surface area contributed by atoms with Gasteiger partial charge in [0.05, 0.1) is 68.9 Å². The zero-order valence-corrected chi connectivity index (χ0v) is 47.6. The van der Waals surface area contributed by atoms with Gasteiger partial charge in [0.25, 0.3) is 5.91 Å². The van der Waals surface area contributed by atoms with Crippen molar-refractivity contribution in [1.82, 2.24) is 10.5 Å². The number of hydroxylamine groups is 3. The maximum atomic E-state index is 11.8. The van der Waals surface area contributed by atoms with E-state index < -0.39 is 28.6 Å². The van der Waals surface area contributed by atoms with Crippen LogP contribution in [0.4, 0.5) is 27.5 Å². The Balaban J connectivity index is -0.0000000956. The first kappa shape index (κ1) is 84.8. The number of nitrogens with one attached hydrogen (secondary N) is 4. The summed E-state index contributed by atoms with van der Waals surface area (Å²) in [5.74, 6) is -1.91. The van der Waals surface area contributed by atoms with Gasteiger partial charge in [-0.25, -0.2) is 20.1 Å². The summed E-state index contributed by atoms with van der Waals surface area (Å²) in [6, 6.07) is 15.3. The topological polar surface area (TPSA) is 494 Å². The van der Waals surface area contributed by atoms with Gasteiger partial charge in [-0.2, -0.15) is 5.53 Å². The number of aliphatic hydroxyl groups is 1. The Morgan fingerprint density at radius 1 is 0.743 bits per heavy atom. The van der Waals surface area contributed by atoms with Crippen molar-refractivity contribution in [1.29, 1.82) is 5.53 Å². The molecule has 35 heteroatoms. The van der Waals surface area contributed by atoms with Crippen molar-refractivity contribution in [2.75, 3.05) is 53.2 Å². The van der Waals surface area contributed by atoms with E-state index in [0.717, 1.165) is 10.6 Å². The van der Waals surface area contributed by atoms with E-state index in [4.69, 9.17) is 54.2 Å². The maximum Gasteiger partial charge on any atom is 1.00 e. The largest absolute Gasteiger partial charge is 1.00 e. The number of benzene rings is 3. The van der Waals surface area contributed by atoms with Crippen LogP contribution in [0.15, 0.2) is 70.9 Å². The summed E-state index contributed by atoms with van der Waals surface area (Å²) in [5.41, 5.74) is 31.1. The third-order valence-electron chi connectivity index (χ3n) is 5.91. The number of ether oxygens (including phenoxy) is 2. The third kappa shape index (κ3) is 49.3. The van der Waals surface area contributed by atoms with Crippen molar-refractivity contribution >= 4 is 86.0 Å². The number of esters is 2. The standard InChI is InChI=1S/C11H13N5O3.C10H10N4O3.C9H10O3.C2H3ClO.C2H7NO.CH2O3.H2N2.H2N.3Na.O3S/c1-7(17)13-9-5-4-8(6-10(9)14-15-12)11(18)16(2)19-3;1-6(15)12-8-4-3-7(10(16)17-2)5-9(8)13-14-11;1-12-9(11)8-4-2-7(6-10)3-5-8;1-2(3)4;1-3-4-2;2-1(3)4;1-2;;;;;1-4(2)3/h4-6H,1-3H3,(H,13,17);3-5H,1-2H3,(H,12,15);2-5,10H,6H2,1H3;1H3;3H,1-2H3;(H2,2,3,4);1-2H;1H2;;;;/q;;;;;;;-1;3*+1;/p-1. The smallest absolute Gasteiger partial charge is 0.693 e. The van der Waals surface area contributed by atoms with Gasteiger partial charge in [0.15, 0.2) is 0 Å². The molecule has 0 aromatic heterocycles. The van der Waals surface area contributed by atoms with Crippen LogP contribution in [-0.4, -0.2) is 106 Å². The second kappa shape index (κ2) is 54.8. The Hall–Kier alpha value is -5.12. The van der Waals surface area contributed by atoms with E-state index in [1.54, 1.807) is 38.4 Å². The predicted molar refractivity (Wildman–Crippen MR) is 231 cm³/mol. The van der Waals surface area contributed by atoms with Crippen molar-refractivity contribution in [3.8, 4) is 0 Å². The van der Waals surface area contributed by atoms with Crippen molar-refractivity contribution in [2.24, 2.45) is 10.2 Å². The molecule has 0 saturated carbocycles. The molecule has 9 N–H and O–H groups in total. The molecule has 30 nitrogen and oxygen atoms in total. The van der Waals surface area contributed by atoms with Crippen LogP contribution in [0.25, 0.3) is 27.0 Å². The van der Waals surface area contributed by atoms with E-state index in [9.17, 15) is 28.8 Å². The number of rotatable bonds is 10. The number of methoxy groups -OCH3 is 2. The predicted octanol–water partition coefficient (Wildman–Crippen LogP) is -6.85. The molecule has 3 aromatic carbocycles. The number of anilines is 2. The van der Waals surface area contributed by atoms with Gasteiger partial charge < -0.3 is 51.2 Å². The van der Waals surface area contributed by atoms with Gasteiger partial charge in [-0.05, 0) is 82.9 Å². The minimum Gasteiger partial charge on any atom is -0.693 e. The second-order valence-electron chi connectivity index (χ2n) is 10.4. The molecule has 3 amide bonds. The van der Waals surface area contributed by atoms with Gasteiger partial charge in [-0.15, -0.1) is 12.6 Å². The summed E-state index contributed by atoms with van der Waals surface area (Å²) in [7, 11) is 5.56. The fraction of sp³-hybridized carbons (Fsp3) is 0.286. The zero-order chi connectivity index (χ0) is 52.4. The summed E-state index contributed by atoms with van der Waals surface area (Å²) in [4.78, 5) is 87.8. The third-order valence-corrected chi connectivity index (χ3v) is 5.91. The molecule has 0 unspecified atom stereocenters. The summed E-state index contributed by atoms with van der Waals surface area (Å²) >= 11 is 4.64. The Labute approximate surface area is 473 Å². The number of carbonyl (C=O) groups excluding carboxylic acids is 7. The first-order chi connectivity index (χ1) is 31.0. The molecule has 0 aliphatic carbocycles. The van der Waals surface area contributed by atoms with Crippen LogP contribution in [0.5, 0.6) is 0 Å². The van der Waals surface area contributed by atoms with Crippen LogP contribution in [-0.2, 0) is 50.7 Å². The molecule has 3 aromatic rings. The fourth-order valence-corrected chi connectivity index (χ4v) is 3.42. The molecule has 70 heavy (non-hydrogen) atoms. The number of hydrogen-bond acceptors (Lipinski definition) is 21. The molecule has 0 saturated heterocycles. The molecule has 0 bridgehead atoms. The molecular weight excluding hydrogens is 1010 g/mol.